The van der Waals surface area contributed by atoms with E-state index >= 15 is 0 Å². The minimum Gasteiger partial charge on any atom is -0.446 e. The number of nitrogens with zero attached hydrogens (tertiary/aromatic N) is 3. The Morgan fingerprint density at radius 3 is 2.33 bits per heavy atom. The van der Waals surface area contributed by atoms with Crippen molar-refractivity contribution in [3.63, 3.8) is 0 Å². The van der Waals surface area contributed by atoms with Gasteiger partial charge in [-0.2, -0.15) is 12.7 Å². The quantitative estimate of drug-likeness (QED) is 0.365. The third-order valence-corrected chi connectivity index (χ3v) is 13.0. The van der Waals surface area contributed by atoms with Crippen molar-refractivity contribution in [2.75, 3.05) is 19.6 Å². The number of amides is 5. The van der Waals surface area contributed by atoms with Crippen molar-refractivity contribution in [3.05, 3.63) is 47.5 Å². The number of allylic oxidation sites excluding steroid dienone is 1. The molecule has 2 aliphatic carbocycles. The summed E-state index contributed by atoms with van der Waals surface area (Å²) in [6.07, 6.45) is 6.37. The molecule has 300 valence electrons. The molecule has 1 aromatic carbocycles. The number of nitrogens with one attached hydrogen (secondary N) is 3. The van der Waals surface area contributed by atoms with Crippen molar-refractivity contribution in [2.24, 2.45) is 5.92 Å². The molecule has 2 saturated heterocycles. The summed E-state index contributed by atoms with van der Waals surface area (Å²) in [6.45, 7) is -1.09. The van der Waals surface area contributed by atoms with Gasteiger partial charge in [-0.1, -0.05) is 49.3 Å². The SMILES string of the molecule is O=C(N[C@H]1CCCCC/C=C\[C@@H]2C[C@@]2(C(=O)NS(=O)(=O)N2CCC(F)(F)C2)NC(=O)C2C[C@@H](OC(=O)N3Cc4ccccc4C3)CN2C1=O)OC1CCCC1. The van der Waals surface area contributed by atoms with Gasteiger partial charge in [-0.05, 0) is 62.5 Å². The van der Waals surface area contributed by atoms with Crippen molar-refractivity contribution in [1.29, 1.82) is 0 Å². The minimum absolute atomic E-state index is 0.0263. The van der Waals surface area contributed by atoms with Crippen molar-refractivity contribution >= 4 is 40.1 Å². The number of halogens is 2. The molecule has 18 heteroatoms. The molecule has 0 bridgehead atoms. The zero-order valence-electron chi connectivity index (χ0n) is 30.6. The van der Waals surface area contributed by atoms with Crippen LogP contribution in [0.3, 0.4) is 0 Å². The fourth-order valence-electron chi connectivity index (χ4n) is 8.36. The average Bonchev–Trinajstić information content (AvgIpc) is 3.69. The van der Waals surface area contributed by atoms with Crippen LogP contribution >= 0.6 is 0 Å². The number of carbonyl (C=O) groups excluding carboxylic acids is 5. The lowest BCUT2D eigenvalue weighted by Crippen LogP contribution is -2.59. The van der Waals surface area contributed by atoms with Crippen molar-refractivity contribution in [3.8, 4) is 0 Å². The molecule has 6 aliphatic rings. The fraction of sp³-hybridized carbons (Fsp3) is 0.649. The van der Waals surface area contributed by atoms with E-state index in [2.05, 4.69) is 10.6 Å². The third kappa shape index (κ3) is 8.74. The largest absolute Gasteiger partial charge is 0.446 e. The maximum absolute atomic E-state index is 14.4. The van der Waals surface area contributed by atoms with Gasteiger partial charge in [0, 0.05) is 38.4 Å². The van der Waals surface area contributed by atoms with E-state index in [9.17, 15) is 41.2 Å². The van der Waals surface area contributed by atoms with Crippen molar-refractivity contribution in [1.82, 2.24) is 29.5 Å². The molecular weight excluding hydrogens is 743 g/mol. The Bertz CT molecular complexity index is 1800. The van der Waals surface area contributed by atoms with Crippen molar-refractivity contribution < 1.29 is 50.6 Å². The van der Waals surface area contributed by atoms with E-state index in [-0.39, 0.29) is 31.9 Å². The highest BCUT2D eigenvalue weighted by Gasteiger charge is 2.62. The maximum Gasteiger partial charge on any atom is 0.410 e. The zero-order chi connectivity index (χ0) is 39.0. The summed E-state index contributed by atoms with van der Waals surface area (Å²) in [5, 5.41) is 5.44. The molecular formula is C37H48F2N6O9S. The van der Waals surface area contributed by atoms with Crippen molar-refractivity contribution in [2.45, 2.75) is 126 Å². The lowest BCUT2D eigenvalue weighted by Gasteiger charge is -2.30. The van der Waals surface area contributed by atoms with E-state index < -0.39 is 95.2 Å². The summed E-state index contributed by atoms with van der Waals surface area (Å²) in [7, 11) is -4.68. The van der Waals surface area contributed by atoms with E-state index in [0.29, 0.717) is 43.1 Å². The van der Waals surface area contributed by atoms with Crippen LogP contribution in [-0.4, -0.2) is 108 Å². The molecule has 15 nitrogen and oxygen atoms in total. The van der Waals surface area contributed by atoms with Crippen LogP contribution in [0.1, 0.15) is 88.2 Å². The summed E-state index contributed by atoms with van der Waals surface area (Å²) in [5.74, 6) is -6.33. The Kier molecular flexibility index (Phi) is 11.1. The first-order valence-electron chi connectivity index (χ1n) is 19.2. The van der Waals surface area contributed by atoms with Crippen LogP contribution in [0.15, 0.2) is 36.4 Å². The number of alkyl carbamates (subject to hydrolysis) is 1. The van der Waals surface area contributed by atoms with Crippen LogP contribution in [0, 0.1) is 5.92 Å². The fourth-order valence-corrected chi connectivity index (χ4v) is 9.60. The molecule has 5 amide bonds. The molecule has 2 saturated carbocycles. The average molecular weight is 791 g/mol. The predicted octanol–water partition coefficient (Wildman–Crippen LogP) is 3.24. The van der Waals surface area contributed by atoms with E-state index in [1.165, 1.54) is 9.80 Å². The molecule has 3 N–H and O–H groups in total. The van der Waals surface area contributed by atoms with Crippen LogP contribution in [0.2, 0.25) is 0 Å². The number of alkyl halides is 2. The van der Waals surface area contributed by atoms with Gasteiger partial charge >= 0.3 is 22.4 Å². The number of carbonyl (C=O) groups is 5. The Morgan fingerprint density at radius 2 is 1.64 bits per heavy atom. The first kappa shape index (κ1) is 38.9. The van der Waals surface area contributed by atoms with Gasteiger partial charge in [0.1, 0.15) is 29.8 Å². The first-order chi connectivity index (χ1) is 26.2. The number of rotatable bonds is 6. The highest BCUT2D eigenvalue weighted by molar-refractivity contribution is 7.87. The highest BCUT2D eigenvalue weighted by Crippen LogP contribution is 2.46. The molecule has 4 fully saturated rings. The monoisotopic (exact) mass is 790 g/mol. The van der Waals surface area contributed by atoms with Gasteiger partial charge in [-0.15, -0.1) is 0 Å². The normalized spacial score (nSPS) is 30.6. The maximum atomic E-state index is 14.4. The van der Waals surface area contributed by atoms with Gasteiger partial charge in [0.05, 0.1) is 13.1 Å². The third-order valence-electron chi connectivity index (χ3n) is 11.6. The summed E-state index contributed by atoms with van der Waals surface area (Å²) in [5.41, 5.74) is 0.198. The van der Waals surface area contributed by atoms with Gasteiger partial charge in [-0.3, -0.25) is 19.3 Å². The highest BCUT2D eigenvalue weighted by atomic mass is 32.2. The first-order valence-corrected chi connectivity index (χ1v) is 20.7. The Hall–Kier alpha value is -4.32. The van der Waals surface area contributed by atoms with E-state index in [4.69, 9.17) is 9.47 Å². The number of fused-ring (bicyclic) bond motifs is 3. The van der Waals surface area contributed by atoms with Crippen LogP contribution in [0.5, 0.6) is 0 Å². The van der Waals surface area contributed by atoms with Gasteiger partial charge in [-0.25, -0.2) is 23.1 Å². The molecule has 0 spiro atoms. The van der Waals surface area contributed by atoms with Crippen LogP contribution in [0.25, 0.3) is 0 Å². The predicted molar refractivity (Wildman–Crippen MR) is 191 cm³/mol. The van der Waals surface area contributed by atoms with Gasteiger partial charge in [0.25, 0.3) is 11.8 Å². The van der Waals surface area contributed by atoms with Crippen LogP contribution in [-0.2, 0) is 47.2 Å². The Labute approximate surface area is 318 Å². The standard InChI is InChI=1S/C37H48F2N6O9S/c38-36(39)16-17-44(23-36)55(51,52)42-33(48)37-19-26(37)12-4-2-1-3-5-15-29(40-34(49)53-27-13-8-9-14-27)32(47)45-22-28(18-30(45)31(46)41-37)54-35(50)43-20-24-10-6-7-11-25(24)21-43/h4,6-7,10-12,26-30H,1-3,5,8-9,13-23H2,(H,40,49)(H,41,46)(H,42,48)/b12-4-/t26-,28-,29+,30?,37-/m1/s1. The van der Waals surface area contributed by atoms with Gasteiger partial charge in [0.2, 0.25) is 11.8 Å². The number of hydrogen-bond acceptors (Lipinski definition) is 9. The second-order valence-corrected chi connectivity index (χ2v) is 17.3. The molecule has 7 rings (SSSR count). The van der Waals surface area contributed by atoms with Crippen LogP contribution in [0.4, 0.5) is 18.4 Å². The lowest BCUT2D eigenvalue weighted by atomic mass is 10.0. The summed E-state index contributed by atoms with van der Waals surface area (Å²) in [6, 6.07) is 5.25. The number of hydrogen-bond donors (Lipinski definition) is 3. The molecule has 55 heavy (non-hydrogen) atoms. The molecule has 0 aromatic heterocycles. The number of benzene rings is 1. The van der Waals surface area contributed by atoms with E-state index in [0.717, 1.165) is 36.8 Å². The topological polar surface area (TPSA) is 184 Å². The number of ether oxygens (including phenoxy) is 2. The zero-order valence-corrected chi connectivity index (χ0v) is 31.4. The molecule has 4 aliphatic heterocycles. The second-order valence-electron chi connectivity index (χ2n) is 15.6. The lowest BCUT2D eigenvalue weighted by molar-refractivity contribution is -0.141. The smallest absolute Gasteiger partial charge is 0.410 e. The Morgan fingerprint density at radius 1 is 0.927 bits per heavy atom. The molecule has 0 radical (unpaired) electrons. The van der Waals surface area contributed by atoms with Gasteiger partial charge in [0.15, 0.2) is 0 Å². The van der Waals surface area contributed by atoms with E-state index in [1.807, 2.05) is 35.1 Å². The minimum atomic E-state index is -4.68. The molecule has 4 heterocycles. The summed E-state index contributed by atoms with van der Waals surface area (Å²) in [4.78, 5) is 71.7. The molecule has 1 unspecified atom stereocenters. The molecule has 1 aromatic rings. The van der Waals surface area contributed by atoms with Crippen LogP contribution < -0.4 is 15.4 Å². The second kappa shape index (κ2) is 15.7. The summed E-state index contributed by atoms with van der Waals surface area (Å²) >= 11 is 0. The van der Waals surface area contributed by atoms with Gasteiger partial charge < -0.3 is 25.0 Å². The van der Waals surface area contributed by atoms with E-state index in [1.54, 1.807) is 6.08 Å². The molecule has 5 atom stereocenters. The Balaban J connectivity index is 1.12. The summed E-state index contributed by atoms with van der Waals surface area (Å²) < 4.78 is 67.9.